The van der Waals surface area contributed by atoms with Gasteiger partial charge in [-0.15, -0.1) is 0 Å². The van der Waals surface area contributed by atoms with Crippen LogP contribution in [-0.2, 0) is 19.1 Å². The second-order valence-corrected chi connectivity index (χ2v) is 14.2. The predicted octanol–water partition coefficient (Wildman–Crippen LogP) is 5.62. The van der Waals surface area contributed by atoms with E-state index < -0.39 is 46.7 Å². The van der Waals surface area contributed by atoms with E-state index in [1.54, 1.807) is 33.0 Å². The number of rotatable bonds is 9. The minimum atomic E-state index is -0.976. The van der Waals surface area contributed by atoms with E-state index in [2.05, 4.69) is 29.1 Å². The fourth-order valence-corrected chi connectivity index (χ4v) is 6.04. The number of carbonyl (C=O) groups excluding carboxylic acids is 3. The average Bonchev–Trinajstić information content (AvgIpc) is 3.48. The van der Waals surface area contributed by atoms with Gasteiger partial charge in [-0.3, -0.25) is 9.59 Å². The number of hydrogen-bond donors (Lipinski definition) is 2. The van der Waals surface area contributed by atoms with Gasteiger partial charge in [0.15, 0.2) is 0 Å². The molecule has 44 heavy (non-hydrogen) atoms. The summed E-state index contributed by atoms with van der Waals surface area (Å²) in [5.41, 5.74) is -2.14. The number of likely N-dealkylation sites (tertiary alicyclic amines) is 1. The van der Waals surface area contributed by atoms with E-state index in [0.29, 0.717) is 23.1 Å². The highest BCUT2D eigenvalue weighted by molar-refractivity contribution is 6.31. The van der Waals surface area contributed by atoms with Crippen LogP contribution >= 0.6 is 11.6 Å². The molecule has 2 N–H and O–H groups in total. The fraction of sp³-hybridized carbons (Fsp3) is 0.576. The highest BCUT2D eigenvalue weighted by Crippen LogP contribution is 2.50. The lowest BCUT2D eigenvalue weighted by Crippen LogP contribution is -2.59. The number of carbonyl (C=O) groups is 3. The molecule has 0 spiro atoms. The first-order valence-corrected chi connectivity index (χ1v) is 15.4. The lowest BCUT2D eigenvalue weighted by molar-refractivity contribution is -0.142. The standard InChI is InChI=1S/C33H45ClN4O6/c1-10-21-17-33(21,19(2)42-9)37-27(39)25-16-23(43-28-24-12-11-22(34)15-20(24)13-14-35-28)18-38(25)29(40)26(31(3,4)5)36-30(41)44-32(6,7)8/h11-15,21,23,25-26H,2,10,16-18H2,1,3-9H3,(H,36,41)(H,37,39)/t21-,23-,25+,26-,33+/m1/s1. The molecule has 3 amide bonds. The van der Waals surface area contributed by atoms with E-state index in [1.807, 2.05) is 39.0 Å². The second kappa shape index (κ2) is 12.5. The number of fused-ring (bicyclic) bond motifs is 1. The zero-order valence-corrected chi connectivity index (χ0v) is 27.7. The molecule has 2 fully saturated rings. The van der Waals surface area contributed by atoms with Crippen LogP contribution in [0.25, 0.3) is 10.8 Å². The first kappa shape index (κ1) is 33.4. The van der Waals surface area contributed by atoms with E-state index >= 15 is 0 Å². The Morgan fingerprint density at radius 2 is 1.89 bits per heavy atom. The summed E-state index contributed by atoms with van der Waals surface area (Å²) in [4.78, 5) is 47.1. The summed E-state index contributed by atoms with van der Waals surface area (Å²) >= 11 is 6.19. The number of aromatic nitrogens is 1. The van der Waals surface area contributed by atoms with Crippen LogP contribution in [0.15, 0.2) is 42.8 Å². The number of alkyl carbamates (subject to hydrolysis) is 1. The lowest BCUT2D eigenvalue weighted by Gasteiger charge is -2.36. The van der Waals surface area contributed by atoms with E-state index in [1.165, 1.54) is 12.0 Å². The van der Waals surface area contributed by atoms with Crippen LogP contribution in [0.3, 0.4) is 0 Å². The van der Waals surface area contributed by atoms with Crippen molar-refractivity contribution in [2.75, 3.05) is 13.7 Å². The van der Waals surface area contributed by atoms with E-state index in [-0.39, 0.29) is 24.8 Å². The van der Waals surface area contributed by atoms with Gasteiger partial charge in [0.1, 0.15) is 29.5 Å². The van der Waals surface area contributed by atoms with Gasteiger partial charge in [-0.2, -0.15) is 0 Å². The van der Waals surface area contributed by atoms with Crippen LogP contribution in [0.1, 0.15) is 67.7 Å². The number of nitrogens with zero attached hydrogens (tertiary/aromatic N) is 2. The average molecular weight is 629 g/mol. The number of methoxy groups -OCH3 is 1. The topological polar surface area (TPSA) is 119 Å². The molecule has 0 bridgehead atoms. The smallest absolute Gasteiger partial charge is 0.408 e. The highest BCUT2D eigenvalue weighted by Gasteiger charge is 2.59. The van der Waals surface area contributed by atoms with Gasteiger partial charge in [0, 0.05) is 23.0 Å². The van der Waals surface area contributed by atoms with Gasteiger partial charge in [-0.1, -0.05) is 52.3 Å². The molecular formula is C33H45ClN4O6. The van der Waals surface area contributed by atoms with Gasteiger partial charge in [0.25, 0.3) is 0 Å². The molecule has 1 aromatic heterocycles. The van der Waals surface area contributed by atoms with Crippen LogP contribution in [0.5, 0.6) is 5.88 Å². The molecule has 1 aliphatic heterocycles. The first-order valence-electron chi connectivity index (χ1n) is 15.1. The molecule has 1 saturated heterocycles. The molecule has 2 aromatic rings. The number of ether oxygens (including phenoxy) is 3. The number of amides is 3. The third kappa shape index (κ3) is 7.22. The summed E-state index contributed by atoms with van der Waals surface area (Å²) in [6, 6.07) is 5.41. The van der Waals surface area contributed by atoms with Crippen LogP contribution in [0.4, 0.5) is 4.79 Å². The third-order valence-electron chi connectivity index (χ3n) is 8.28. The monoisotopic (exact) mass is 628 g/mol. The molecule has 4 rings (SSSR count). The Morgan fingerprint density at radius 3 is 2.48 bits per heavy atom. The summed E-state index contributed by atoms with van der Waals surface area (Å²) in [6.45, 7) is 17.0. The van der Waals surface area contributed by atoms with Gasteiger partial charge in [-0.25, -0.2) is 9.78 Å². The minimum absolute atomic E-state index is 0.112. The zero-order chi connectivity index (χ0) is 32.6. The van der Waals surface area contributed by atoms with Crippen molar-refractivity contribution in [1.82, 2.24) is 20.5 Å². The second-order valence-electron chi connectivity index (χ2n) is 13.8. The summed E-state index contributed by atoms with van der Waals surface area (Å²) < 4.78 is 17.3. The Morgan fingerprint density at radius 1 is 1.18 bits per heavy atom. The largest absolute Gasteiger partial charge is 0.499 e. The van der Waals surface area contributed by atoms with Gasteiger partial charge < -0.3 is 29.7 Å². The van der Waals surface area contributed by atoms with Crippen LogP contribution in [0, 0.1) is 11.3 Å². The molecule has 10 nitrogen and oxygen atoms in total. The van der Waals surface area contributed by atoms with Gasteiger partial charge in [0.05, 0.1) is 19.2 Å². The predicted molar refractivity (Wildman–Crippen MR) is 169 cm³/mol. The van der Waals surface area contributed by atoms with Crippen molar-refractivity contribution in [3.8, 4) is 5.88 Å². The molecule has 1 aromatic carbocycles. The number of pyridine rings is 1. The van der Waals surface area contributed by atoms with Crippen molar-refractivity contribution in [2.45, 2.75) is 97.1 Å². The fourth-order valence-electron chi connectivity index (χ4n) is 5.86. The maximum absolute atomic E-state index is 14.3. The Bertz CT molecular complexity index is 1430. The Kier molecular flexibility index (Phi) is 9.45. The van der Waals surface area contributed by atoms with Crippen molar-refractivity contribution in [3.05, 3.63) is 47.8 Å². The quantitative estimate of drug-likeness (QED) is 0.346. The normalized spacial score (nSPS) is 23.9. The Hall–Kier alpha value is -3.53. The van der Waals surface area contributed by atoms with E-state index in [4.69, 9.17) is 25.8 Å². The van der Waals surface area contributed by atoms with Crippen LogP contribution in [-0.4, -0.2) is 70.8 Å². The summed E-state index contributed by atoms with van der Waals surface area (Å²) in [5, 5.41) is 8.14. The van der Waals surface area contributed by atoms with Gasteiger partial charge >= 0.3 is 6.09 Å². The van der Waals surface area contributed by atoms with Crippen LogP contribution < -0.4 is 15.4 Å². The lowest BCUT2D eigenvalue weighted by atomic mass is 9.85. The molecule has 1 aliphatic carbocycles. The van der Waals surface area contributed by atoms with Crippen molar-refractivity contribution >= 4 is 40.3 Å². The van der Waals surface area contributed by atoms with Crippen molar-refractivity contribution < 1.29 is 28.6 Å². The van der Waals surface area contributed by atoms with Gasteiger partial charge in [0.2, 0.25) is 17.7 Å². The summed E-state index contributed by atoms with van der Waals surface area (Å²) in [7, 11) is 1.54. The third-order valence-corrected chi connectivity index (χ3v) is 8.51. The van der Waals surface area contributed by atoms with E-state index in [9.17, 15) is 14.4 Å². The summed E-state index contributed by atoms with van der Waals surface area (Å²) in [6.07, 6.45) is 2.14. The highest BCUT2D eigenvalue weighted by atomic mass is 35.5. The van der Waals surface area contributed by atoms with Crippen molar-refractivity contribution in [1.29, 1.82) is 0 Å². The number of halogens is 1. The minimum Gasteiger partial charge on any atom is -0.499 e. The molecular weight excluding hydrogens is 584 g/mol. The van der Waals surface area contributed by atoms with Crippen LogP contribution in [0.2, 0.25) is 5.02 Å². The molecule has 0 unspecified atom stereocenters. The molecule has 2 heterocycles. The number of nitrogens with one attached hydrogen (secondary N) is 2. The van der Waals surface area contributed by atoms with E-state index in [0.717, 1.165) is 17.2 Å². The zero-order valence-electron chi connectivity index (χ0n) is 27.0. The molecule has 0 radical (unpaired) electrons. The van der Waals surface area contributed by atoms with Crippen molar-refractivity contribution in [2.24, 2.45) is 11.3 Å². The SMILES string of the molecule is C=C(OC)[C@@]1(NC(=O)[C@@H]2C[C@@H](Oc3nccc4cc(Cl)ccc34)CN2C(=O)[C@@H](NC(=O)OC(C)(C)C)C(C)(C)C)C[C@H]1CC. The number of hydrogen-bond acceptors (Lipinski definition) is 7. The Balaban J connectivity index is 1.65. The molecule has 1 saturated carbocycles. The molecule has 5 atom stereocenters. The van der Waals surface area contributed by atoms with Gasteiger partial charge in [-0.05, 0) is 68.2 Å². The maximum atomic E-state index is 14.3. The Labute approximate surface area is 264 Å². The number of benzene rings is 1. The summed E-state index contributed by atoms with van der Waals surface area (Å²) in [5.74, 6) is 0.309. The van der Waals surface area contributed by atoms with Crippen molar-refractivity contribution in [3.63, 3.8) is 0 Å². The maximum Gasteiger partial charge on any atom is 0.408 e. The molecule has 2 aliphatic rings. The first-order chi connectivity index (χ1) is 20.5. The molecule has 11 heteroatoms. The molecule has 240 valence electrons.